The van der Waals surface area contributed by atoms with Crippen LogP contribution in [0.15, 0.2) is 24.3 Å². The maximum absolute atomic E-state index is 12.3. The largest absolute Gasteiger partial charge is 0.355 e. The highest BCUT2D eigenvalue weighted by Crippen LogP contribution is 2.28. The summed E-state index contributed by atoms with van der Waals surface area (Å²) in [7, 11) is 0. The zero-order valence-electron chi connectivity index (χ0n) is 14.5. The average Bonchev–Trinajstić information content (AvgIpc) is 3.31. The van der Waals surface area contributed by atoms with Crippen molar-refractivity contribution in [2.45, 2.75) is 51.2 Å². The smallest absolute Gasteiger partial charge is 0.234 e. The molecule has 1 atom stereocenters. The molecule has 4 rings (SSSR count). The number of hydrogen-bond donors (Lipinski definition) is 1. The van der Waals surface area contributed by atoms with Crippen molar-refractivity contribution in [2.75, 3.05) is 26.2 Å². The van der Waals surface area contributed by atoms with E-state index in [1.54, 1.807) is 0 Å². The Hall–Kier alpha value is -1.39. The number of nitrogens with one attached hydrogen (secondary N) is 1. The molecule has 1 saturated carbocycles. The van der Waals surface area contributed by atoms with Gasteiger partial charge in [-0.05, 0) is 42.9 Å². The first-order valence-corrected chi connectivity index (χ1v) is 9.58. The summed E-state index contributed by atoms with van der Waals surface area (Å²) in [4.78, 5) is 17.2. The van der Waals surface area contributed by atoms with Crippen molar-refractivity contribution in [1.29, 1.82) is 0 Å². The number of benzene rings is 1. The summed E-state index contributed by atoms with van der Waals surface area (Å²) in [5, 5.41) is 3.18. The van der Waals surface area contributed by atoms with Crippen LogP contribution in [-0.2, 0) is 17.9 Å². The molecule has 1 aliphatic carbocycles. The molecule has 1 amide bonds. The summed E-state index contributed by atoms with van der Waals surface area (Å²) >= 11 is 0. The first-order chi connectivity index (χ1) is 11.8. The molecule has 4 heteroatoms. The van der Waals surface area contributed by atoms with Gasteiger partial charge in [-0.1, -0.05) is 37.1 Å². The fraction of sp³-hybridized carbons (Fsp3) is 0.650. The fourth-order valence-corrected chi connectivity index (χ4v) is 4.66. The van der Waals surface area contributed by atoms with Crippen molar-refractivity contribution < 1.29 is 4.79 Å². The molecule has 130 valence electrons. The first kappa shape index (κ1) is 16.1. The van der Waals surface area contributed by atoms with Crippen molar-refractivity contribution in [2.24, 2.45) is 5.92 Å². The lowest BCUT2D eigenvalue weighted by Gasteiger charge is -2.23. The maximum Gasteiger partial charge on any atom is 0.234 e. The Morgan fingerprint density at radius 3 is 2.50 bits per heavy atom. The summed E-state index contributed by atoms with van der Waals surface area (Å²) in [5.41, 5.74) is 2.74. The molecule has 2 aliphatic heterocycles. The van der Waals surface area contributed by atoms with E-state index >= 15 is 0 Å². The molecule has 0 radical (unpaired) electrons. The molecule has 2 heterocycles. The van der Waals surface area contributed by atoms with Gasteiger partial charge in [0.25, 0.3) is 0 Å². The summed E-state index contributed by atoms with van der Waals surface area (Å²) in [5.74, 6) is 0.826. The second-order valence-electron chi connectivity index (χ2n) is 7.81. The zero-order chi connectivity index (χ0) is 16.4. The number of likely N-dealkylation sites (tertiary alicyclic amines) is 1. The minimum atomic E-state index is 0.183. The number of fused-ring (bicyclic) bond motifs is 1. The standard InChI is InChI=1S/C20H29N3O/c24-20(15-22-13-17-5-1-2-6-18(17)14-22)21-11-16-9-10-23(12-16)19-7-3-4-8-19/h1-2,5-6,16,19H,3-4,7-15H2,(H,21,24)/t16-/m1/s1. The van der Waals surface area contributed by atoms with Crippen LogP contribution in [0.25, 0.3) is 0 Å². The van der Waals surface area contributed by atoms with E-state index in [0.29, 0.717) is 12.5 Å². The third-order valence-electron chi connectivity index (χ3n) is 6.02. The molecule has 1 N–H and O–H groups in total. The Morgan fingerprint density at radius 1 is 1.08 bits per heavy atom. The van der Waals surface area contributed by atoms with Gasteiger partial charge in [0.15, 0.2) is 0 Å². The summed E-state index contributed by atoms with van der Waals surface area (Å²) in [6, 6.07) is 9.33. The van der Waals surface area contributed by atoms with Crippen LogP contribution in [0.4, 0.5) is 0 Å². The predicted molar refractivity (Wildman–Crippen MR) is 95.5 cm³/mol. The van der Waals surface area contributed by atoms with E-state index in [9.17, 15) is 4.79 Å². The molecule has 4 nitrogen and oxygen atoms in total. The number of carbonyl (C=O) groups is 1. The van der Waals surface area contributed by atoms with Gasteiger partial charge in [0, 0.05) is 32.2 Å². The molecule has 24 heavy (non-hydrogen) atoms. The van der Waals surface area contributed by atoms with E-state index in [2.05, 4.69) is 39.4 Å². The minimum Gasteiger partial charge on any atom is -0.355 e. The molecule has 3 aliphatic rings. The highest BCUT2D eigenvalue weighted by Gasteiger charge is 2.30. The predicted octanol–water partition coefficient (Wildman–Crippen LogP) is 2.38. The van der Waals surface area contributed by atoms with Crippen molar-refractivity contribution in [3.05, 3.63) is 35.4 Å². The van der Waals surface area contributed by atoms with E-state index in [0.717, 1.165) is 25.7 Å². The normalized spacial score (nSPS) is 25.2. The van der Waals surface area contributed by atoms with Crippen LogP contribution < -0.4 is 5.32 Å². The van der Waals surface area contributed by atoms with E-state index in [1.165, 1.54) is 56.3 Å². The monoisotopic (exact) mass is 327 g/mol. The van der Waals surface area contributed by atoms with Gasteiger partial charge in [-0.15, -0.1) is 0 Å². The molecule has 0 unspecified atom stereocenters. The maximum atomic E-state index is 12.3. The second kappa shape index (κ2) is 7.24. The fourth-order valence-electron chi connectivity index (χ4n) is 4.66. The van der Waals surface area contributed by atoms with Crippen molar-refractivity contribution in [3.63, 3.8) is 0 Å². The van der Waals surface area contributed by atoms with Crippen LogP contribution in [0.3, 0.4) is 0 Å². The number of amides is 1. The molecular weight excluding hydrogens is 298 g/mol. The lowest BCUT2D eigenvalue weighted by Crippen LogP contribution is -2.38. The van der Waals surface area contributed by atoms with Gasteiger partial charge in [-0.3, -0.25) is 9.69 Å². The Kier molecular flexibility index (Phi) is 4.86. The SMILES string of the molecule is O=C(CN1Cc2ccccc2C1)NC[C@H]1CCN(C2CCCC2)C1. The summed E-state index contributed by atoms with van der Waals surface area (Å²) in [6.45, 7) is 5.59. The Morgan fingerprint density at radius 2 is 1.79 bits per heavy atom. The third-order valence-corrected chi connectivity index (χ3v) is 6.02. The Balaban J connectivity index is 1.18. The third kappa shape index (κ3) is 3.65. The number of nitrogens with zero attached hydrogens (tertiary/aromatic N) is 2. The van der Waals surface area contributed by atoms with Crippen molar-refractivity contribution >= 4 is 5.91 Å². The molecule has 1 aromatic carbocycles. The van der Waals surface area contributed by atoms with Gasteiger partial charge >= 0.3 is 0 Å². The van der Waals surface area contributed by atoms with Gasteiger partial charge in [-0.2, -0.15) is 0 Å². The second-order valence-corrected chi connectivity index (χ2v) is 7.81. The van der Waals surface area contributed by atoms with Gasteiger partial charge in [0.1, 0.15) is 0 Å². The van der Waals surface area contributed by atoms with Gasteiger partial charge in [-0.25, -0.2) is 0 Å². The molecular formula is C20H29N3O. The summed E-state index contributed by atoms with van der Waals surface area (Å²) in [6.07, 6.45) is 6.82. The molecule has 1 aromatic rings. The quantitative estimate of drug-likeness (QED) is 0.902. The summed E-state index contributed by atoms with van der Waals surface area (Å²) < 4.78 is 0. The van der Waals surface area contributed by atoms with E-state index in [4.69, 9.17) is 0 Å². The minimum absolute atomic E-state index is 0.183. The molecule has 2 fully saturated rings. The Bertz CT molecular complexity index is 557. The number of carbonyl (C=O) groups excluding carboxylic acids is 1. The average molecular weight is 327 g/mol. The van der Waals surface area contributed by atoms with E-state index in [-0.39, 0.29) is 5.91 Å². The van der Waals surface area contributed by atoms with Crippen molar-refractivity contribution in [1.82, 2.24) is 15.1 Å². The lowest BCUT2D eigenvalue weighted by molar-refractivity contribution is -0.122. The molecule has 1 saturated heterocycles. The van der Waals surface area contributed by atoms with Crippen LogP contribution in [-0.4, -0.2) is 47.9 Å². The van der Waals surface area contributed by atoms with Crippen molar-refractivity contribution in [3.8, 4) is 0 Å². The highest BCUT2D eigenvalue weighted by molar-refractivity contribution is 5.78. The van der Waals surface area contributed by atoms with Gasteiger partial charge in [0.2, 0.25) is 5.91 Å². The van der Waals surface area contributed by atoms with E-state index < -0.39 is 0 Å². The first-order valence-electron chi connectivity index (χ1n) is 9.58. The van der Waals surface area contributed by atoms with E-state index in [1.807, 2.05) is 0 Å². The van der Waals surface area contributed by atoms with Crippen LogP contribution in [0, 0.1) is 5.92 Å². The van der Waals surface area contributed by atoms with Crippen LogP contribution >= 0.6 is 0 Å². The molecule has 0 bridgehead atoms. The van der Waals surface area contributed by atoms with Crippen LogP contribution in [0.5, 0.6) is 0 Å². The lowest BCUT2D eigenvalue weighted by atomic mass is 10.1. The van der Waals surface area contributed by atoms with Crippen LogP contribution in [0.1, 0.15) is 43.2 Å². The van der Waals surface area contributed by atoms with Crippen LogP contribution in [0.2, 0.25) is 0 Å². The highest BCUT2D eigenvalue weighted by atomic mass is 16.2. The topological polar surface area (TPSA) is 35.6 Å². The van der Waals surface area contributed by atoms with Gasteiger partial charge < -0.3 is 10.2 Å². The molecule has 0 aromatic heterocycles. The molecule has 0 spiro atoms. The van der Waals surface area contributed by atoms with Gasteiger partial charge in [0.05, 0.1) is 6.54 Å². The Labute approximate surface area is 145 Å². The zero-order valence-corrected chi connectivity index (χ0v) is 14.5. The number of rotatable bonds is 5. The number of hydrogen-bond acceptors (Lipinski definition) is 3.